The molecule has 0 aliphatic carbocycles. The van der Waals surface area contributed by atoms with E-state index in [2.05, 4.69) is 25.9 Å². The van der Waals surface area contributed by atoms with Crippen molar-refractivity contribution in [3.63, 3.8) is 0 Å². The number of hydrogen-bond donors (Lipinski definition) is 1. The molecule has 1 N–H and O–H groups in total. The number of H-pyrrole nitrogens is 1. The van der Waals surface area contributed by atoms with Crippen LogP contribution in [0.1, 0.15) is 0 Å². The van der Waals surface area contributed by atoms with E-state index in [4.69, 9.17) is 0 Å². The highest BCUT2D eigenvalue weighted by Crippen LogP contribution is 2.22. The molecule has 0 aromatic carbocycles. The van der Waals surface area contributed by atoms with E-state index in [1.54, 1.807) is 24.5 Å². The molecule has 2 rings (SSSR count). The van der Waals surface area contributed by atoms with Gasteiger partial charge in [0.05, 0.1) is 0 Å². The number of nitrogens with zero attached hydrogens (tertiary/aromatic N) is 2. The van der Waals surface area contributed by atoms with Gasteiger partial charge >= 0.3 is 0 Å². The average Bonchev–Trinajstić information content (AvgIpc) is 2.82. The van der Waals surface area contributed by atoms with Gasteiger partial charge in [0.1, 0.15) is 10.7 Å². The highest BCUT2D eigenvalue weighted by molar-refractivity contribution is 9.10. The topological polar surface area (TPSA) is 66.1 Å². The van der Waals surface area contributed by atoms with Crippen molar-refractivity contribution < 1.29 is 8.42 Å². The van der Waals surface area contributed by atoms with Crippen LogP contribution in [-0.4, -0.2) is 25.4 Å². The molecule has 0 aliphatic rings. The number of anilines is 1. The van der Waals surface area contributed by atoms with Gasteiger partial charge in [0.2, 0.25) is 0 Å². The second-order valence-electron chi connectivity index (χ2n) is 3.35. The molecule has 0 bridgehead atoms. The standard InChI is InChI=1S/C10H10BrN3O2S/c1-14(10-6-8(11)2-5-13-10)17(15,16)9-3-4-12-7-9/h2-7,12H,1H3. The van der Waals surface area contributed by atoms with E-state index < -0.39 is 10.0 Å². The van der Waals surface area contributed by atoms with Crippen molar-refractivity contribution in [1.82, 2.24) is 9.97 Å². The van der Waals surface area contributed by atoms with Crippen molar-refractivity contribution in [3.05, 3.63) is 41.3 Å². The Morgan fingerprint density at radius 2 is 2.18 bits per heavy atom. The third kappa shape index (κ3) is 2.34. The fourth-order valence-corrected chi connectivity index (χ4v) is 2.76. The summed E-state index contributed by atoms with van der Waals surface area (Å²) in [5.74, 6) is 0.362. The molecule has 0 saturated carbocycles. The molecule has 2 aromatic heterocycles. The number of halogens is 1. The summed E-state index contributed by atoms with van der Waals surface area (Å²) >= 11 is 3.28. The van der Waals surface area contributed by atoms with Crippen LogP contribution in [0.3, 0.4) is 0 Å². The van der Waals surface area contributed by atoms with E-state index >= 15 is 0 Å². The van der Waals surface area contributed by atoms with E-state index in [0.717, 1.165) is 8.78 Å². The van der Waals surface area contributed by atoms with Crippen molar-refractivity contribution >= 4 is 31.8 Å². The van der Waals surface area contributed by atoms with Crippen LogP contribution < -0.4 is 4.31 Å². The van der Waals surface area contributed by atoms with Gasteiger partial charge in [0.15, 0.2) is 0 Å². The monoisotopic (exact) mass is 315 g/mol. The predicted octanol–water partition coefficient (Wildman–Crippen LogP) is 2.00. The smallest absolute Gasteiger partial charge is 0.266 e. The third-order valence-electron chi connectivity index (χ3n) is 2.26. The van der Waals surface area contributed by atoms with Gasteiger partial charge in [-0.05, 0) is 18.2 Å². The third-order valence-corrected chi connectivity index (χ3v) is 4.51. The molecule has 7 heteroatoms. The van der Waals surface area contributed by atoms with Crippen LogP contribution in [0, 0.1) is 0 Å². The maximum absolute atomic E-state index is 12.2. The summed E-state index contributed by atoms with van der Waals surface area (Å²) in [5, 5.41) is 0. The summed E-state index contributed by atoms with van der Waals surface area (Å²) in [6, 6.07) is 4.88. The summed E-state index contributed by atoms with van der Waals surface area (Å²) in [6.07, 6.45) is 4.54. The molecular weight excluding hydrogens is 306 g/mol. The average molecular weight is 316 g/mol. The molecule has 0 fully saturated rings. The molecule has 0 spiro atoms. The van der Waals surface area contributed by atoms with Gasteiger partial charge in [0, 0.05) is 30.1 Å². The molecule has 17 heavy (non-hydrogen) atoms. The molecule has 0 unspecified atom stereocenters. The van der Waals surface area contributed by atoms with E-state index in [0.29, 0.717) is 5.82 Å². The summed E-state index contributed by atoms with van der Waals surface area (Å²) in [6.45, 7) is 0. The van der Waals surface area contributed by atoms with Crippen LogP contribution in [0.4, 0.5) is 5.82 Å². The fourth-order valence-electron chi connectivity index (χ4n) is 1.32. The molecule has 2 heterocycles. The Balaban J connectivity index is 2.42. The first kappa shape index (κ1) is 12.1. The number of rotatable bonds is 3. The zero-order valence-electron chi connectivity index (χ0n) is 8.96. The molecule has 0 atom stereocenters. The van der Waals surface area contributed by atoms with Crippen LogP contribution in [0.15, 0.2) is 46.2 Å². The van der Waals surface area contributed by atoms with Crippen LogP contribution in [-0.2, 0) is 10.0 Å². The maximum Gasteiger partial charge on any atom is 0.266 e. The lowest BCUT2D eigenvalue weighted by Crippen LogP contribution is -2.26. The van der Waals surface area contributed by atoms with E-state index in [-0.39, 0.29) is 4.90 Å². The van der Waals surface area contributed by atoms with Crippen LogP contribution in [0.25, 0.3) is 0 Å². The van der Waals surface area contributed by atoms with Crippen molar-refractivity contribution in [1.29, 1.82) is 0 Å². The van der Waals surface area contributed by atoms with Crippen LogP contribution in [0.2, 0.25) is 0 Å². The Kier molecular flexibility index (Phi) is 3.21. The van der Waals surface area contributed by atoms with Crippen LogP contribution in [0.5, 0.6) is 0 Å². The Hall–Kier alpha value is -1.34. The van der Waals surface area contributed by atoms with Crippen molar-refractivity contribution in [2.24, 2.45) is 0 Å². The first-order valence-electron chi connectivity index (χ1n) is 4.75. The van der Waals surface area contributed by atoms with Gasteiger partial charge in [-0.3, -0.25) is 4.31 Å². The van der Waals surface area contributed by atoms with Crippen molar-refractivity contribution in [2.45, 2.75) is 4.90 Å². The summed E-state index contributed by atoms with van der Waals surface area (Å²) in [4.78, 5) is 6.95. The van der Waals surface area contributed by atoms with Crippen LogP contribution >= 0.6 is 15.9 Å². The molecule has 0 amide bonds. The van der Waals surface area contributed by atoms with Crippen molar-refractivity contribution in [2.75, 3.05) is 11.4 Å². The largest absolute Gasteiger partial charge is 0.366 e. The number of pyridine rings is 1. The minimum atomic E-state index is -3.55. The van der Waals surface area contributed by atoms with Crippen molar-refractivity contribution in [3.8, 4) is 0 Å². The molecule has 90 valence electrons. The zero-order chi connectivity index (χ0) is 12.5. The van der Waals surface area contributed by atoms with E-state index in [1.165, 1.54) is 19.3 Å². The number of aromatic amines is 1. The molecular formula is C10H10BrN3O2S. The van der Waals surface area contributed by atoms with E-state index in [1.807, 2.05) is 0 Å². The van der Waals surface area contributed by atoms with Gasteiger partial charge in [0.25, 0.3) is 10.0 Å². The lowest BCUT2D eigenvalue weighted by Gasteiger charge is -2.17. The van der Waals surface area contributed by atoms with Gasteiger partial charge in [-0.2, -0.15) is 0 Å². The SMILES string of the molecule is CN(c1cc(Br)ccn1)S(=O)(=O)c1cc[nH]c1. The van der Waals surface area contributed by atoms with Gasteiger partial charge in [-0.15, -0.1) is 0 Å². The van der Waals surface area contributed by atoms with Gasteiger partial charge in [-0.25, -0.2) is 13.4 Å². The normalized spacial score (nSPS) is 11.4. The minimum Gasteiger partial charge on any atom is -0.366 e. The second kappa shape index (κ2) is 4.50. The Morgan fingerprint density at radius 3 is 2.76 bits per heavy atom. The van der Waals surface area contributed by atoms with Gasteiger partial charge < -0.3 is 4.98 Å². The molecule has 0 aliphatic heterocycles. The minimum absolute atomic E-state index is 0.210. The first-order chi connectivity index (χ1) is 8.01. The van der Waals surface area contributed by atoms with Gasteiger partial charge in [-0.1, -0.05) is 15.9 Å². The zero-order valence-corrected chi connectivity index (χ0v) is 11.4. The Morgan fingerprint density at radius 1 is 1.41 bits per heavy atom. The number of nitrogens with one attached hydrogen (secondary N) is 1. The number of aromatic nitrogens is 2. The lowest BCUT2D eigenvalue weighted by molar-refractivity contribution is 0.594. The summed E-state index contributed by atoms with van der Waals surface area (Å²) in [5.41, 5.74) is 0. The Bertz CT molecular complexity index is 610. The molecule has 5 nitrogen and oxygen atoms in total. The quantitative estimate of drug-likeness (QED) is 0.942. The first-order valence-corrected chi connectivity index (χ1v) is 6.98. The summed E-state index contributed by atoms with van der Waals surface area (Å²) < 4.78 is 26.2. The molecule has 0 radical (unpaired) electrons. The lowest BCUT2D eigenvalue weighted by atomic mass is 10.5. The highest BCUT2D eigenvalue weighted by Gasteiger charge is 2.22. The highest BCUT2D eigenvalue weighted by atomic mass is 79.9. The predicted molar refractivity (Wildman–Crippen MR) is 68.3 cm³/mol. The maximum atomic E-state index is 12.2. The number of hydrogen-bond acceptors (Lipinski definition) is 3. The fraction of sp³-hybridized carbons (Fsp3) is 0.100. The Labute approximate surface area is 108 Å². The molecule has 0 saturated heterocycles. The number of sulfonamides is 1. The van der Waals surface area contributed by atoms with E-state index in [9.17, 15) is 8.42 Å². The molecule has 2 aromatic rings. The second-order valence-corrected chi connectivity index (χ2v) is 6.24. The summed E-state index contributed by atoms with van der Waals surface area (Å²) in [7, 11) is -2.08.